The first-order chi connectivity index (χ1) is 20.3. The number of hydrogen-bond acceptors (Lipinski definition) is 8. The number of likely N-dealkylation sites (tertiary alicyclic amines) is 1. The van der Waals surface area contributed by atoms with E-state index in [1.54, 1.807) is 18.3 Å². The highest BCUT2D eigenvalue weighted by Crippen LogP contribution is 2.31. The van der Waals surface area contributed by atoms with Gasteiger partial charge in [0.25, 0.3) is 11.8 Å². The smallest absolute Gasteiger partial charge is 0.262 e. The van der Waals surface area contributed by atoms with Gasteiger partial charge in [0.05, 0.1) is 16.8 Å². The average molecular weight is 642 g/mol. The Morgan fingerprint density at radius 2 is 1.64 bits per heavy atom. The molecule has 6 rings (SSSR count). The topological polar surface area (TPSA) is 106 Å². The number of nitrogens with one attached hydrogen (secondary N) is 1. The molecule has 0 radical (unpaired) electrons. The van der Waals surface area contributed by atoms with Crippen LogP contribution in [-0.4, -0.2) is 95.2 Å². The Balaban J connectivity index is 0.967. The van der Waals surface area contributed by atoms with Crippen molar-refractivity contribution in [3.8, 4) is 0 Å². The molecule has 12 heteroatoms. The van der Waals surface area contributed by atoms with Crippen LogP contribution in [0.4, 0.5) is 10.1 Å². The maximum absolute atomic E-state index is 14.2. The second-order valence-corrected chi connectivity index (χ2v) is 12.5. The van der Waals surface area contributed by atoms with Crippen LogP contribution in [0, 0.1) is 11.7 Å². The van der Waals surface area contributed by atoms with E-state index >= 15 is 0 Å². The summed E-state index contributed by atoms with van der Waals surface area (Å²) >= 11 is 3.26. The fraction of sp³-hybridized carbons (Fsp3) is 0.500. The van der Waals surface area contributed by atoms with Crippen molar-refractivity contribution in [3.05, 3.63) is 57.6 Å². The SMILES string of the molecule is O=C1CCC(N2C(=O)c3ccc(N4CCN(CCC5CCN(Cc6ncc(Br)cc6F)CC5)CC4)cc3C2=O)C(=O)N1. The molecule has 1 atom stereocenters. The van der Waals surface area contributed by atoms with Crippen molar-refractivity contribution in [1.82, 2.24) is 25.0 Å². The van der Waals surface area contributed by atoms with Crippen LogP contribution in [0.2, 0.25) is 0 Å². The van der Waals surface area contributed by atoms with E-state index in [0.717, 1.165) is 75.7 Å². The van der Waals surface area contributed by atoms with Gasteiger partial charge in [-0.05, 0) is 91.4 Å². The second-order valence-electron chi connectivity index (χ2n) is 11.6. The van der Waals surface area contributed by atoms with Crippen LogP contribution in [0.5, 0.6) is 0 Å². The molecule has 0 spiro atoms. The molecule has 5 heterocycles. The Bertz CT molecular complexity index is 1410. The molecule has 1 unspecified atom stereocenters. The average Bonchev–Trinajstić information content (AvgIpc) is 3.23. The van der Waals surface area contributed by atoms with Crippen LogP contribution < -0.4 is 10.2 Å². The molecule has 2 aromatic rings. The van der Waals surface area contributed by atoms with E-state index in [1.807, 2.05) is 6.07 Å². The van der Waals surface area contributed by atoms with Crippen molar-refractivity contribution in [3.63, 3.8) is 0 Å². The first kappa shape index (κ1) is 28.9. The number of rotatable bonds is 7. The number of hydrogen-bond donors (Lipinski definition) is 1. The molecule has 1 N–H and O–H groups in total. The molecule has 4 aliphatic rings. The largest absolute Gasteiger partial charge is 0.369 e. The molecular weight excluding hydrogens is 607 g/mol. The molecule has 42 heavy (non-hydrogen) atoms. The summed E-state index contributed by atoms with van der Waals surface area (Å²) in [5, 5.41) is 2.23. The lowest BCUT2D eigenvalue weighted by atomic mass is 9.93. The summed E-state index contributed by atoms with van der Waals surface area (Å²) in [6.07, 6.45) is 5.25. The summed E-state index contributed by atoms with van der Waals surface area (Å²) in [7, 11) is 0. The number of aromatic nitrogens is 1. The van der Waals surface area contributed by atoms with Crippen LogP contribution >= 0.6 is 15.9 Å². The third-order valence-corrected chi connectivity index (χ3v) is 9.41. The minimum absolute atomic E-state index is 0.101. The van der Waals surface area contributed by atoms with Gasteiger partial charge in [-0.2, -0.15) is 0 Å². The van der Waals surface area contributed by atoms with Crippen LogP contribution in [0.3, 0.4) is 0 Å². The van der Waals surface area contributed by atoms with E-state index in [4.69, 9.17) is 0 Å². The highest BCUT2D eigenvalue weighted by Gasteiger charge is 2.44. The Hall–Kier alpha value is -3.22. The quantitative estimate of drug-likeness (QED) is 0.461. The summed E-state index contributed by atoms with van der Waals surface area (Å²) in [6.45, 7) is 6.97. The maximum Gasteiger partial charge on any atom is 0.262 e. The van der Waals surface area contributed by atoms with Crippen molar-refractivity contribution in [2.45, 2.75) is 44.7 Å². The highest BCUT2D eigenvalue weighted by molar-refractivity contribution is 9.10. The predicted molar refractivity (Wildman–Crippen MR) is 156 cm³/mol. The lowest BCUT2D eigenvalue weighted by Crippen LogP contribution is -2.54. The summed E-state index contributed by atoms with van der Waals surface area (Å²) in [5.74, 6) is -1.55. The molecule has 4 aliphatic heterocycles. The number of imide groups is 2. The molecule has 4 amide bonds. The zero-order chi connectivity index (χ0) is 29.4. The maximum atomic E-state index is 14.2. The normalized spacial score (nSPS) is 22.6. The minimum Gasteiger partial charge on any atom is -0.369 e. The van der Waals surface area contributed by atoms with Gasteiger partial charge in [0.1, 0.15) is 11.9 Å². The fourth-order valence-corrected chi connectivity index (χ4v) is 6.76. The third-order valence-electron chi connectivity index (χ3n) is 8.98. The molecule has 1 aromatic heterocycles. The molecule has 3 fully saturated rings. The monoisotopic (exact) mass is 640 g/mol. The van der Waals surface area contributed by atoms with Gasteiger partial charge in [-0.3, -0.25) is 44.2 Å². The number of anilines is 1. The van der Waals surface area contributed by atoms with Crippen molar-refractivity contribution in [1.29, 1.82) is 0 Å². The minimum atomic E-state index is -0.958. The Morgan fingerprint density at radius 1 is 0.905 bits per heavy atom. The third kappa shape index (κ3) is 5.97. The first-order valence-corrected chi connectivity index (χ1v) is 15.4. The number of benzene rings is 1. The predicted octanol–water partition coefficient (Wildman–Crippen LogP) is 2.81. The number of pyridine rings is 1. The number of carbonyl (C=O) groups is 4. The van der Waals surface area contributed by atoms with Gasteiger partial charge in [0, 0.05) is 55.5 Å². The van der Waals surface area contributed by atoms with E-state index in [0.29, 0.717) is 33.8 Å². The lowest BCUT2D eigenvalue weighted by molar-refractivity contribution is -0.136. The summed E-state index contributed by atoms with van der Waals surface area (Å²) < 4.78 is 14.8. The van der Waals surface area contributed by atoms with Crippen LogP contribution in [0.15, 0.2) is 34.9 Å². The van der Waals surface area contributed by atoms with Crippen LogP contribution in [0.25, 0.3) is 0 Å². The summed E-state index contributed by atoms with van der Waals surface area (Å²) in [6, 6.07) is 5.83. The Kier molecular flexibility index (Phi) is 8.37. The second kappa shape index (κ2) is 12.2. The van der Waals surface area contributed by atoms with Gasteiger partial charge < -0.3 is 4.90 Å². The number of piperazine rings is 1. The van der Waals surface area contributed by atoms with E-state index in [9.17, 15) is 23.6 Å². The number of piperidine rings is 2. The van der Waals surface area contributed by atoms with Gasteiger partial charge in [-0.1, -0.05) is 0 Å². The van der Waals surface area contributed by atoms with Gasteiger partial charge in [-0.15, -0.1) is 0 Å². The van der Waals surface area contributed by atoms with Gasteiger partial charge >= 0.3 is 0 Å². The number of fused-ring (bicyclic) bond motifs is 1. The van der Waals surface area contributed by atoms with Crippen LogP contribution in [0.1, 0.15) is 58.5 Å². The highest BCUT2D eigenvalue weighted by atomic mass is 79.9. The summed E-state index contributed by atoms with van der Waals surface area (Å²) in [4.78, 5) is 62.3. The van der Waals surface area contributed by atoms with Crippen molar-refractivity contribution in [2.75, 3.05) is 50.7 Å². The number of carbonyl (C=O) groups excluding carboxylic acids is 4. The van der Waals surface area contributed by atoms with E-state index in [1.165, 1.54) is 6.07 Å². The van der Waals surface area contributed by atoms with Crippen molar-refractivity contribution < 1.29 is 23.6 Å². The van der Waals surface area contributed by atoms with Gasteiger partial charge in [0.15, 0.2) is 0 Å². The molecule has 10 nitrogen and oxygen atoms in total. The standard InChI is InChI=1S/C30H34BrFN6O4/c31-20-15-24(32)25(33-17-20)18-36-9-6-19(7-10-36)5-8-35-11-13-37(14-12-35)21-1-2-22-23(16-21)30(42)38(29(22)41)26-3-4-27(39)34-28(26)40/h1-2,15-17,19,26H,3-14,18H2,(H,34,39,40). The summed E-state index contributed by atoms with van der Waals surface area (Å²) in [5.41, 5.74) is 2.01. The fourth-order valence-electron chi connectivity index (χ4n) is 6.45. The Labute approximate surface area is 252 Å². The van der Waals surface area contributed by atoms with Crippen molar-refractivity contribution >= 4 is 45.2 Å². The molecular formula is C30H34BrFN6O4. The molecule has 1 aromatic carbocycles. The van der Waals surface area contributed by atoms with Crippen LogP contribution in [-0.2, 0) is 16.1 Å². The van der Waals surface area contributed by atoms with Crippen molar-refractivity contribution in [2.24, 2.45) is 5.92 Å². The number of nitrogens with zero attached hydrogens (tertiary/aromatic N) is 5. The molecule has 0 saturated carbocycles. The molecule has 3 saturated heterocycles. The Morgan fingerprint density at radius 3 is 2.36 bits per heavy atom. The van der Waals surface area contributed by atoms with E-state index in [-0.39, 0.29) is 24.6 Å². The zero-order valence-corrected chi connectivity index (χ0v) is 24.9. The number of halogens is 2. The molecule has 0 aliphatic carbocycles. The van der Waals surface area contributed by atoms with Gasteiger partial charge in [0.2, 0.25) is 11.8 Å². The van der Waals surface area contributed by atoms with E-state index in [2.05, 4.69) is 40.9 Å². The number of amides is 4. The first-order valence-electron chi connectivity index (χ1n) is 14.6. The van der Waals surface area contributed by atoms with E-state index < -0.39 is 23.8 Å². The zero-order valence-electron chi connectivity index (χ0n) is 23.4. The molecule has 0 bridgehead atoms. The molecule has 222 valence electrons. The van der Waals surface area contributed by atoms with Gasteiger partial charge in [-0.25, -0.2) is 4.39 Å². The lowest BCUT2D eigenvalue weighted by Gasteiger charge is -2.37.